The first-order valence-electron chi connectivity index (χ1n) is 4.01. The lowest BCUT2D eigenvalue weighted by Gasteiger charge is -2.13. The van der Waals surface area contributed by atoms with Crippen LogP contribution in [0.4, 0.5) is 10.1 Å². The van der Waals surface area contributed by atoms with Crippen LogP contribution in [0.15, 0.2) is 18.2 Å². The lowest BCUT2D eigenvalue weighted by atomic mass is 10.1. The molecule has 0 radical (unpaired) electrons. The van der Waals surface area contributed by atoms with Gasteiger partial charge in [-0.15, -0.1) is 0 Å². The molecule has 4 N–H and O–H groups in total. The zero-order valence-electron chi connectivity index (χ0n) is 7.42. The van der Waals surface area contributed by atoms with E-state index in [2.05, 4.69) is 5.32 Å². The summed E-state index contributed by atoms with van der Waals surface area (Å²) in [6.07, 6.45) is 0. The average Bonchev–Trinajstić information content (AvgIpc) is 2.04. The summed E-state index contributed by atoms with van der Waals surface area (Å²) >= 11 is 0. The molecule has 0 aliphatic rings. The maximum Gasteiger partial charge on any atom is 0.125 e. The van der Waals surface area contributed by atoms with Crippen molar-refractivity contribution in [3.63, 3.8) is 0 Å². The molecule has 0 aromatic heterocycles. The zero-order chi connectivity index (χ0) is 9.84. The second-order valence-corrected chi connectivity index (χ2v) is 2.84. The van der Waals surface area contributed by atoms with Gasteiger partial charge in [-0.25, -0.2) is 4.39 Å². The Morgan fingerprint density at radius 3 is 2.69 bits per heavy atom. The highest BCUT2D eigenvalue weighted by atomic mass is 19.1. The molecule has 0 fully saturated rings. The summed E-state index contributed by atoms with van der Waals surface area (Å²) in [6, 6.07) is 3.97. The van der Waals surface area contributed by atoms with Crippen molar-refractivity contribution in [2.45, 2.75) is 6.04 Å². The summed E-state index contributed by atoms with van der Waals surface area (Å²) in [5.74, 6) is -0.385. The molecule has 1 aromatic rings. The zero-order valence-corrected chi connectivity index (χ0v) is 7.42. The number of nitrogens with two attached hydrogens (primary N) is 1. The predicted octanol–water partition coefficient (Wildman–Crippen LogP) is 0.661. The molecular weight excluding hydrogens is 171 g/mol. The Labute approximate surface area is 76.4 Å². The maximum absolute atomic E-state index is 12.9. The summed E-state index contributed by atoms with van der Waals surface area (Å²) in [6.45, 7) is -0.0839. The van der Waals surface area contributed by atoms with E-state index in [1.807, 2.05) is 0 Å². The molecule has 1 unspecified atom stereocenters. The molecular formula is C9H13FN2O. The van der Waals surface area contributed by atoms with Gasteiger partial charge in [0.2, 0.25) is 0 Å². The van der Waals surface area contributed by atoms with Crippen molar-refractivity contribution in [2.24, 2.45) is 0 Å². The first-order chi connectivity index (χ1) is 6.17. The monoisotopic (exact) mass is 184 g/mol. The smallest absolute Gasteiger partial charge is 0.125 e. The molecule has 1 rings (SSSR count). The van der Waals surface area contributed by atoms with Crippen molar-refractivity contribution < 1.29 is 9.50 Å². The van der Waals surface area contributed by atoms with Crippen LogP contribution in [0.3, 0.4) is 0 Å². The largest absolute Gasteiger partial charge is 0.399 e. The third-order valence-electron chi connectivity index (χ3n) is 1.88. The van der Waals surface area contributed by atoms with Crippen molar-refractivity contribution in [2.75, 3.05) is 19.4 Å². The SMILES string of the molecule is CNC(CO)c1cc(N)cc(F)c1. The molecule has 0 heterocycles. The van der Waals surface area contributed by atoms with Crippen molar-refractivity contribution in [3.8, 4) is 0 Å². The Bertz CT molecular complexity index is 267. The number of anilines is 1. The molecule has 0 amide bonds. The molecule has 0 spiro atoms. The van der Waals surface area contributed by atoms with Gasteiger partial charge in [0.15, 0.2) is 0 Å². The molecule has 72 valence electrons. The van der Waals surface area contributed by atoms with Gasteiger partial charge in [0.1, 0.15) is 5.82 Å². The van der Waals surface area contributed by atoms with Crippen LogP contribution in [-0.2, 0) is 0 Å². The number of nitrogens with one attached hydrogen (secondary N) is 1. The summed E-state index contributed by atoms with van der Waals surface area (Å²) in [7, 11) is 1.70. The number of hydrogen-bond donors (Lipinski definition) is 3. The van der Waals surface area contributed by atoms with Crippen LogP contribution in [0, 0.1) is 5.82 Å². The molecule has 3 nitrogen and oxygen atoms in total. The minimum absolute atomic E-state index is 0.0839. The maximum atomic E-state index is 12.9. The first-order valence-corrected chi connectivity index (χ1v) is 4.01. The van der Waals surface area contributed by atoms with Crippen molar-refractivity contribution in [1.82, 2.24) is 5.32 Å². The molecule has 0 aliphatic carbocycles. The normalized spacial score (nSPS) is 12.8. The Hall–Kier alpha value is -1.13. The fraction of sp³-hybridized carbons (Fsp3) is 0.333. The topological polar surface area (TPSA) is 58.3 Å². The van der Waals surface area contributed by atoms with E-state index in [0.717, 1.165) is 0 Å². The van der Waals surface area contributed by atoms with Crippen molar-refractivity contribution >= 4 is 5.69 Å². The van der Waals surface area contributed by atoms with Gasteiger partial charge in [-0.05, 0) is 30.8 Å². The molecule has 0 bridgehead atoms. The fourth-order valence-electron chi connectivity index (χ4n) is 1.20. The Kier molecular flexibility index (Phi) is 3.22. The van der Waals surface area contributed by atoms with Gasteiger partial charge in [0.05, 0.1) is 12.6 Å². The number of nitrogen functional groups attached to an aromatic ring is 1. The van der Waals surface area contributed by atoms with Gasteiger partial charge in [-0.3, -0.25) is 0 Å². The van der Waals surface area contributed by atoms with E-state index in [4.69, 9.17) is 10.8 Å². The third kappa shape index (κ3) is 2.40. The Morgan fingerprint density at radius 2 is 2.23 bits per heavy atom. The summed E-state index contributed by atoms with van der Waals surface area (Å²) in [4.78, 5) is 0. The highest BCUT2D eigenvalue weighted by Gasteiger charge is 2.08. The Balaban J connectivity index is 2.99. The van der Waals surface area contributed by atoms with E-state index >= 15 is 0 Å². The molecule has 1 atom stereocenters. The lowest BCUT2D eigenvalue weighted by Crippen LogP contribution is -2.20. The molecule has 4 heteroatoms. The van der Waals surface area contributed by atoms with Crippen LogP contribution >= 0.6 is 0 Å². The number of rotatable bonds is 3. The quantitative estimate of drug-likeness (QED) is 0.605. The minimum atomic E-state index is -0.385. The molecule has 0 saturated carbocycles. The second kappa shape index (κ2) is 4.20. The average molecular weight is 184 g/mol. The van der Waals surface area contributed by atoms with E-state index in [1.54, 1.807) is 13.1 Å². The fourth-order valence-corrected chi connectivity index (χ4v) is 1.20. The molecule has 0 saturated heterocycles. The van der Waals surface area contributed by atoms with E-state index in [1.165, 1.54) is 12.1 Å². The first kappa shape index (κ1) is 9.95. The molecule has 0 aliphatic heterocycles. The second-order valence-electron chi connectivity index (χ2n) is 2.84. The number of halogens is 1. The lowest BCUT2D eigenvalue weighted by molar-refractivity contribution is 0.251. The minimum Gasteiger partial charge on any atom is -0.399 e. The third-order valence-corrected chi connectivity index (χ3v) is 1.88. The van der Waals surface area contributed by atoms with Crippen LogP contribution in [0.25, 0.3) is 0 Å². The van der Waals surface area contributed by atoms with Crippen molar-refractivity contribution in [1.29, 1.82) is 0 Å². The van der Waals surface area contributed by atoms with E-state index < -0.39 is 0 Å². The van der Waals surface area contributed by atoms with E-state index in [0.29, 0.717) is 11.3 Å². The van der Waals surface area contributed by atoms with Crippen LogP contribution in [0.2, 0.25) is 0 Å². The number of aliphatic hydroxyl groups excluding tert-OH is 1. The van der Waals surface area contributed by atoms with Gasteiger partial charge >= 0.3 is 0 Å². The van der Waals surface area contributed by atoms with Gasteiger partial charge in [-0.2, -0.15) is 0 Å². The van der Waals surface area contributed by atoms with Gasteiger partial charge in [0.25, 0.3) is 0 Å². The Morgan fingerprint density at radius 1 is 1.54 bits per heavy atom. The van der Waals surface area contributed by atoms with Crippen molar-refractivity contribution in [3.05, 3.63) is 29.6 Å². The summed E-state index contributed by atoms with van der Waals surface area (Å²) in [5.41, 5.74) is 6.48. The van der Waals surface area contributed by atoms with Crippen LogP contribution in [0.1, 0.15) is 11.6 Å². The highest BCUT2D eigenvalue weighted by Crippen LogP contribution is 2.17. The van der Waals surface area contributed by atoms with Crippen LogP contribution < -0.4 is 11.1 Å². The highest BCUT2D eigenvalue weighted by molar-refractivity contribution is 5.42. The molecule has 13 heavy (non-hydrogen) atoms. The number of likely N-dealkylation sites (N-methyl/N-ethyl adjacent to an activating group) is 1. The van der Waals surface area contributed by atoms with Gasteiger partial charge < -0.3 is 16.2 Å². The van der Waals surface area contributed by atoms with Gasteiger partial charge in [0, 0.05) is 5.69 Å². The number of benzene rings is 1. The standard InChI is InChI=1S/C9H13FN2O/c1-12-9(5-13)6-2-7(10)4-8(11)3-6/h2-4,9,12-13H,5,11H2,1H3. The van der Waals surface area contributed by atoms with E-state index in [-0.39, 0.29) is 18.5 Å². The summed E-state index contributed by atoms with van der Waals surface area (Å²) in [5, 5.41) is 11.8. The van der Waals surface area contributed by atoms with Crippen LogP contribution in [-0.4, -0.2) is 18.8 Å². The predicted molar refractivity (Wildman–Crippen MR) is 49.7 cm³/mol. The number of aliphatic hydroxyl groups is 1. The van der Waals surface area contributed by atoms with E-state index in [9.17, 15) is 4.39 Å². The van der Waals surface area contributed by atoms with Crippen LogP contribution in [0.5, 0.6) is 0 Å². The number of hydrogen-bond acceptors (Lipinski definition) is 3. The molecule has 1 aromatic carbocycles. The summed E-state index contributed by atoms with van der Waals surface area (Å²) < 4.78 is 12.9. The van der Waals surface area contributed by atoms with Gasteiger partial charge in [-0.1, -0.05) is 0 Å².